The topological polar surface area (TPSA) is 42.2 Å². The number of para-hydroxylation sites is 1. The highest BCUT2D eigenvalue weighted by Gasteiger charge is 2.16. The molecule has 0 aliphatic heterocycles. The molecule has 1 N–H and O–H groups in total. The van der Waals surface area contributed by atoms with Crippen molar-refractivity contribution in [3.8, 4) is 0 Å². The van der Waals surface area contributed by atoms with Gasteiger partial charge in [-0.15, -0.1) is 0 Å². The Kier molecular flexibility index (Phi) is 3.74. The number of aryl methyl sites for hydroxylation is 2. The first-order valence-corrected chi connectivity index (χ1v) is 6.45. The van der Waals surface area contributed by atoms with Crippen LogP contribution in [0.5, 0.6) is 0 Å². The number of anilines is 1. The van der Waals surface area contributed by atoms with Crippen molar-refractivity contribution < 1.29 is 9.21 Å². The monoisotopic (exact) mass is 257 g/mol. The number of nitrogens with one attached hydrogen (secondary N) is 1. The normalized spacial score (nSPS) is 10.8. The molecule has 0 saturated carbocycles. The van der Waals surface area contributed by atoms with E-state index in [9.17, 15) is 4.79 Å². The van der Waals surface area contributed by atoms with Crippen molar-refractivity contribution in [2.45, 2.75) is 33.6 Å². The van der Waals surface area contributed by atoms with Crippen molar-refractivity contribution in [3.05, 3.63) is 53.0 Å². The molecule has 0 aliphatic carbocycles. The van der Waals surface area contributed by atoms with E-state index in [1.807, 2.05) is 32.0 Å². The fourth-order valence-electron chi connectivity index (χ4n) is 2.12. The molecule has 0 saturated heterocycles. The molecule has 3 nitrogen and oxygen atoms in total. The maximum Gasteiger partial charge on any atom is 0.291 e. The van der Waals surface area contributed by atoms with E-state index in [1.165, 1.54) is 6.26 Å². The van der Waals surface area contributed by atoms with Gasteiger partial charge in [-0.2, -0.15) is 0 Å². The highest BCUT2D eigenvalue weighted by atomic mass is 16.3. The molecule has 0 bridgehead atoms. The van der Waals surface area contributed by atoms with Crippen LogP contribution < -0.4 is 5.32 Å². The summed E-state index contributed by atoms with van der Waals surface area (Å²) in [4.78, 5) is 12.2. The van der Waals surface area contributed by atoms with E-state index >= 15 is 0 Å². The molecule has 0 aliphatic rings. The van der Waals surface area contributed by atoms with Crippen LogP contribution in [-0.2, 0) is 0 Å². The van der Waals surface area contributed by atoms with Crippen LogP contribution in [0.3, 0.4) is 0 Å². The summed E-state index contributed by atoms with van der Waals surface area (Å²) in [7, 11) is 0. The van der Waals surface area contributed by atoms with Crippen LogP contribution in [0.25, 0.3) is 0 Å². The zero-order valence-corrected chi connectivity index (χ0v) is 11.8. The van der Waals surface area contributed by atoms with Gasteiger partial charge in [-0.1, -0.05) is 32.0 Å². The van der Waals surface area contributed by atoms with Gasteiger partial charge in [0, 0.05) is 11.3 Å². The Morgan fingerprint density at radius 3 is 2.47 bits per heavy atom. The predicted octanol–water partition coefficient (Wildman–Crippen LogP) is 4.27. The molecule has 0 atom stereocenters. The largest absolute Gasteiger partial charge is 0.459 e. The van der Waals surface area contributed by atoms with Crippen LogP contribution in [0.1, 0.15) is 47.0 Å². The van der Waals surface area contributed by atoms with E-state index in [2.05, 4.69) is 19.2 Å². The molecule has 1 amide bonds. The summed E-state index contributed by atoms with van der Waals surface area (Å²) in [6.07, 6.45) is 1.53. The number of amides is 1. The molecule has 19 heavy (non-hydrogen) atoms. The van der Waals surface area contributed by atoms with Gasteiger partial charge in [0.15, 0.2) is 5.76 Å². The highest BCUT2D eigenvalue weighted by molar-refractivity contribution is 6.04. The van der Waals surface area contributed by atoms with Crippen LogP contribution in [0.15, 0.2) is 34.9 Å². The van der Waals surface area contributed by atoms with Gasteiger partial charge < -0.3 is 9.73 Å². The average Bonchev–Trinajstić information content (AvgIpc) is 2.77. The Balaban J connectivity index is 2.34. The van der Waals surface area contributed by atoms with Gasteiger partial charge in [0.2, 0.25) is 0 Å². The molecule has 0 unspecified atom stereocenters. The molecule has 1 aromatic carbocycles. The second kappa shape index (κ2) is 5.31. The summed E-state index contributed by atoms with van der Waals surface area (Å²) in [5.41, 5.74) is 3.93. The molecule has 0 spiro atoms. The van der Waals surface area contributed by atoms with E-state index in [0.717, 1.165) is 22.4 Å². The van der Waals surface area contributed by atoms with Crippen LogP contribution in [0.4, 0.5) is 5.69 Å². The molecule has 3 heteroatoms. The summed E-state index contributed by atoms with van der Waals surface area (Å²) in [6, 6.07) is 7.84. The lowest BCUT2D eigenvalue weighted by atomic mass is 9.98. The van der Waals surface area contributed by atoms with Crippen LogP contribution in [0.2, 0.25) is 0 Å². The van der Waals surface area contributed by atoms with Crippen molar-refractivity contribution in [1.82, 2.24) is 0 Å². The molecule has 2 rings (SSSR count). The highest BCUT2D eigenvalue weighted by Crippen LogP contribution is 2.28. The lowest BCUT2D eigenvalue weighted by Crippen LogP contribution is -2.15. The van der Waals surface area contributed by atoms with E-state index in [0.29, 0.717) is 11.7 Å². The van der Waals surface area contributed by atoms with Crippen molar-refractivity contribution in [3.63, 3.8) is 0 Å². The minimum absolute atomic E-state index is 0.196. The van der Waals surface area contributed by atoms with Crippen LogP contribution >= 0.6 is 0 Å². The fraction of sp³-hybridized carbons (Fsp3) is 0.312. The molecule has 1 aromatic heterocycles. The first-order valence-electron chi connectivity index (χ1n) is 6.45. The molecule has 0 fully saturated rings. The second-order valence-electron chi connectivity index (χ2n) is 5.08. The van der Waals surface area contributed by atoms with Gasteiger partial charge in [0.05, 0.1) is 6.26 Å². The zero-order valence-electron chi connectivity index (χ0n) is 11.8. The number of carbonyl (C=O) groups is 1. The summed E-state index contributed by atoms with van der Waals surface area (Å²) < 4.78 is 5.23. The van der Waals surface area contributed by atoms with Gasteiger partial charge in [-0.3, -0.25) is 4.79 Å². The number of hydrogen-bond donors (Lipinski definition) is 1. The maximum atomic E-state index is 12.2. The number of carbonyl (C=O) groups excluding carboxylic acids is 1. The maximum absolute atomic E-state index is 12.2. The number of furan rings is 1. The van der Waals surface area contributed by atoms with E-state index < -0.39 is 0 Å². The SMILES string of the molecule is Cc1ccoc1C(=O)Nc1c(C)cccc1C(C)C. The van der Waals surface area contributed by atoms with Gasteiger partial charge in [-0.25, -0.2) is 0 Å². The van der Waals surface area contributed by atoms with Crippen molar-refractivity contribution in [2.75, 3.05) is 5.32 Å². The average molecular weight is 257 g/mol. The Bertz CT molecular complexity index is 597. The van der Waals surface area contributed by atoms with Gasteiger partial charge >= 0.3 is 0 Å². The quantitative estimate of drug-likeness (QED) is 0.892. The first-order chi connectivity index (χ1) is 9.00. The lowest BCUT2D eigenvalue weighted by Gasteiger charge is -2.16. The van der Waals surface area contributed by atoms with E-state index in [4.69, 9.17) is 4.42 Å². The van der Waals surface area contributed by atoms with Crippen LogP contribution in [0, 0.1) is 13.8 Å². The minimum atomic E-state index is -0.196. The molecular formula is C16H19NO2. The summed E-state index contributed by atoms with van der Waals surface area (Å²) in [5, 5.41) is 2.97. The van der Waals surface area contributed by atoms with Gasteiger partial charge in [-0.05, 0) is 37.0 Å². The first kappa shape index (κ1) is 13.4. The summed E-state index contributed by atoms with van der Waals surface area (Å²) in [6.45, 7) is 8.08. The molecule has 100 valence electrons. The number of benzene rings is 1. The third kappa shape index (κ3) is 2.70. The van der Waals surface area contributed by atoms with Gasteiger partial charge in [0.1, 0.15) is 0 Å². The summed E-state index contributed by atoms with van der Waals surface area (Å²) >= 11 is 0. The van der Waals surface area contributed by atoms with Crippen LogP contribution in [-0.4, -0.2) is 5.91 Å². The molecule has 1 heterocycles. The van der Waals surface area contributed by atoms with Crippen molar-refractivity contribution in [1.29, 1.82) is 0 Å². The van der Waals surface area contributed by atoms with Crippen molar-refractivity contribution in [2.24, 2.45) is 0 Å². The predicted molar refractivity (Wildman–Crippen MR) is 76.7 cm³/mol. The Morgan fingerprint density at radius 1 is 1.16 bits per heavy atom. The number of hydrogen-bond acceptors (Lipinski definition) is 2. The zero-order chi connectivity index (χ0) is 14.0. The smallest absolute Gasteiger partial charge is 0.291 e. The second-order valence-corrected chi connectivity index (χ2v) is 5.08. The summed E-state index contributed by atoms with van der Waals surface area (Å²) in [5.74, 6) is 0.532. The Hall–Kier alpha value is -2.03. The third-order valence-corrected chi connectivity index (χ3v) is 3.23. The third-order valence-electron chi connectivity index (χ3n) is 3.23. The molecule has 2 aromatic rings. The van der Waals surface area contributed by atoms with Crippen molar-refractivity contribution >= 4 is 11.6 Å². The lowest BCUT2D eigenvalue weighted by molar-refractivity contribution is 0.0995. The molecular weight excluding hydrogens is 238 g/mol. The number of rotatable bonds is 3. The van der Waals surface area contributed by atoms with Gasteiger partial charge in [0.25, 0.3) is 5.91 Å². The van der Waals surface area contributed by atoms with E-state index in [1.54, 1.807) is 6.07 Å². The Morgan fingerprint density at radius 2 is 1.89 bits per heavy atom. The van der Waals surface area contributed by atoms with E-state index in [-0.39, 0.29) is 5.91 Å². The fourth-order valence-corrected chi connectivity index (χ4v) is 2.12. The minimum Gasteiger partial charge on any atom is -0.459 e. The standard InChI is InChI=1S/C16H19NO2/c1-10(2)13-7-5-6-11(3)14(13)17-16(18)15-12(4)8-9-19-15/h5-10H,1-4H3,(H,17,18). The molecule has 0 radical (unpaired) electrons. The Labute approximate surface area is 113 Å².